The number of rotatable bonds is 0. The Hall–Kier alpha value is -1.06. The van der Waals surface area contributed by atoms with Crippen molar-refractivity contribution < 1.29 is 19.0 Å². The van der Waals surface area contributed by atoms with Crippen LogP contribution in [0.25, 0.3) is 0 Å². The molecule has 40 valence electrons. The Kier molecular flexibility index (Phi) is 1.35. The third-order valence-corrected chi connectivity index (χ3v) is 0.394. The van der Waals surface area contributed by atoms with Gasteiger partial charge in [-0.25, -0.2) is 4.79 Å². The maximum atomic E-state index is 9.60. The Morgan fingerprint density at radius 3 is 1.86 bits per heavy atom. The first-order valence-electron chi connectivity index (χ1n) is 1.37. The number of hydrogen-bond donors (Lipinski definition) is 0. The van der Waals surface area contributed by atoms with Gasteiger partial charge in [0.15, 0.2) is 0 Å². The number of halogens is 1. The van der Waals surface area contributed by atoms with Gasteiger partial charge in [0.25, 0.3) is 5.95 Å². The van der Waals surface area contributed by atoms with Crippen molar-refractivity contribution in [3.8, 4) is 0 Å². The SMILES string of the molecule is C=C1OC(=O)O1.F. The van der Waals surface area contributed by atoms with Crippen molar-refractivity contribution >= 4 is 6.16 Å². The van der Waals surface area contributed by atoms with Crippen molar-refractivity contribution in [3.63, 3.8) is 0 Å². The molecule has 1 aliphatic rings. The van der Waals surface area contributed by atoms with E-state index in [0.29, 0.717) is 0 Å². The number of carbonyl (C=O) groups is 1. The van der Waals surface area contributed by atoms with Crippen molar-refractivity contribution in [1.82, 2.24) is 0 Å². The fourth-order valence-electron chi connectivity index (χ4n) is 0.194. The lowest BCUT2D eigenvalue weighted by Crippen LogP contribution is -2.18. The van der Waals surface area contributed by atoms with E-state index >= 15 is 0 Å². The van der Waals surface area contributed by atoms with Crippen LogP contribution in [0.2, 0.25) is 0 Å². The number of carbonyl (C=O) groups excluding carboxylic acids is 1. The quantitative estimate of drug-likeness (QED) is 0.428. The summed E-state index contributed by atoms with van der Waals surface area (Å²) in [5, 5.41) is 0. The van der Waals surface area contributed by atoms with Gasteiger partial charge >= 0.3 is 6.16 Å². The van der Waals surface area contributed by atoms with Crippen LogP contribution in [0.15, 0.2) is 12.5 Å². The molecule has 7 heavy (non-hydrogen) atoms. The minimum atomic E-state index is -0.667. The molecule has 4 heteroatoms. The van der Waals surface area contributed by atoms with Crippen molar-refractivity contribution in [2.24, 2.45) is 0 Å². The van der Waals surface area contributed by atoms with Gasteiger partial charge in [0, 0.05) is 0 Å². The lowest BCUT2D eigenvalue weighted by atomic mass is 10.9. The molecule has 0 N–H and O–H groups in total. The standard InChI is InChI=1S/C3H2O3.FH/c1-2-5-3(4)6-2;/h1H2;1H. The second kappa shape index (κ2) is 1.59. The van der Waals surface area contributed by atoms with Crippen LogP contribution in [-0.2, 0) is 9.47 Å². The summed E-state index contributed by atoms with van der Waals surface area (Å²) in [6, 6.07) is 0. The predicted octanol–water partition coefficient (Wildman–Crippen LogP) is 0.777. The van der Waals surface area contributed by atoms with Gasteiger partial charge < -0.3 is 9.47 Å². The summed E-state index contributed by atoms with van der Waals surface area (Å²) in [5.74, 6) is 0.0833. The van der Waals surface area contributed by atoms with Gasteiger partial charge in [0.05, 0.1) is 0 Å². The lowest BCUT2D eigenvalue weighted by molar-refractivity contribution is -0.0244. The van der Waals surface area contributed by atoms with E-state index in [9.17, 15) is 4.79 Å². The van der Waals surface area contributed by atoms with Gasteiger partial charge in [-0.15, -0.1) is 0 Å². The summed E-state index contributed by atoms with van der Waals surface area (Å²) >= 11 is 0. The van der Waals surface area contributed by atoms with E-state index in [1.54, 1.807) is 0 Å². The molecule has 0 aromatic carbocycles. The molecule has 0 spiro atoms. The molecule has 0 aliphatic carbocycles. The molecule has 0 radical (unpaired) electrons. The largest absolute Gasteiger partial charge is 0.524 e. The highest BCUT2D eigenvalue weighted by molar-refractivity contribution is 5.67. The van der Waals surface area contributed by atoms with Crippen LogP contribution in [-0.4, -0.2) is 6.16 Å². The van der Waals surface area contributed by atoms with Gasteiger partial charge in [0.2, 0.25) is 0 Å². The van der Waals surface area contributed by atoms with E-state index in [4.69, 9.17) is 0 Å². The van der Waals surface area contributed by atoms with Gasteiger partial charge in [-0.2, -0.15) is 0 Å². The van der Waals surface area contributed by atoms with Crippen LogP contribution in [0.4, 0.5) is 9.50 Å². The molecule has 0 unspecified atom stereocenters. The summed E-state index contributed by atoms with van der Waals surface area (Å²) < 4.78 is 8.17. The average molecular weight is 106 g/mol. The monoisotopic (exact) mass is 106 g/mol. The molecule has 0 saturated carbocycles. The summed E-state index contributed by atoms with van der Waals surface area (Å²) in [6.07, 6.45) is -0.667. The Balaban J connectivity index is 0.000000360. The van der Waals surface area contributed by atoms with E-state index in [2.05, 4.69) is 16.1 Å². The van der Waals surface area contributed by atoms with E-state index in [0.717, 1.165) is 0 Å². The first-order valence-corrected chi connectivity index (χ1v) is 1.37. The first-order chi connectivity index (χ1) is 2.79. The molecule has 0 aromatic rings. The summed E-state index contributed by atoms with van der Waals surface area (Å²) in [4.78, 5) is 9.60. The number of cyclic esters (lactones) is 2. The van der Waals surface area contributed by atoms with E-state index in [1.165, 1.54) is 0 Å². The van der Waals surface area contributed by atoms with Crippen LogP contribution in [0.1, 0.15) is 0 Å². The van der Waals surface area contributed by atoms with E-state index < -0.39 is 6.16 Å². The van der Waals surface area contributed by atoms with Crippen LogP contribution in [0.3, 0.4) is 0 Å². The molecular formula is C3H3FO3. The second-order valence-corrected chi connectivity index (χ2v) is 0.826. The van der Waals surface area contributed by atoms with E-state index in [-0.39, 0.29) is 10.6 Å². The molecule has 1 saturated heterocycles. The molecular weight excluding hydrogens is 103 g/mol. The van der Waals surface area contributed by atoms with Crippen LogP contribution >= 0.6 is 0 Å². The van der Waals surface area contributed by atoms with Crippen LogP contribution in [0, 0.1) is 0 Å². The molecule has 1 heterocycles. The topological polar surface area (TPSA) is 35.5 Å². The van der Waals surface area contributed by atoms with Crippen LogP contribution < -0.4 is 0 Å². The zero-order valence-corrected chi connectivity index (χ0v) is 3.34. The fraction of sp³-hybridized carbons (Fsp3) is 0. The van der Waals surface area contributed by atoms with Crippen molar-refractivity contribution in [3.05, 3.63) is 12.5 Å². The van der Waals surface area contributed by atoms with Crippen molar-refractivity contribution in [1.29, 1.82) is 0 Å². The maximum Gasteiger partial charge on any atom is 0.524 e. The smallest absolute Gasteiger partial charge is 0.360 e. The maximum absolute atomic E-state index is 9.60. The molecule has 1 aliphatic heterocycles. The number of ether oxygens (including phenoxy) is 2. The molecule has 0 amide bonds. The molecule has 1 rings (SSSR count). The Morgan fingerprint density at radius 1 is 1.43 bits per heavy atom. The summed E-state index contributed by atoms with van der Waals surface area (Å²) in [7, 11) is 0. The fourth-order valence-corrected chi connectivity index (χ4v) is 0.194. The highest BCUT2D eigenvalue weighted by Gasteiger charge is 2.20. The second-order valence-electron chi connectivity index (χ2n) is 0.826. The minimum Gasteiger partial charge on any atom is -0.360 e. The average Bonchev–Trinajstić information content (AvgIpc) is 1.33. The molecule has 0 bridgehead atoms. The normalized spacial score (nSPS) is 15.4. The molecule has 0 atom stereocenters. The minimum absolute atomic E-state index is 0. The predicted molar refractivity (Wildman–Crippen MR) is 19.2 cm³/mol. The number of hydrogen-bond acceptors (Lipinski definition) is 3. The lowest BCUT2D eigenvalue weighted by Gasteiger charge is -2.12. The highest BCUT2D eigenvalue weighted by atomic mass is 19.0. The van der Waals surface area contributed by atoms with Gasteiger partial charge in [0.1, 0.15) is 0 Å². The summed E-state index contributed by atoms with van der Waals surface area (Å²) in [6.45, 7) is 3.15. The Labute approximate surface area is 38.9 Å². The molecule has 0 aromatic heterocycles. The van der Waals surface area contributed by atoms with Gasteiger partial charge in [-0.1, -0.05) is 0 Å². The van der Waals surface area contributed by atoms with Crippen molar-refractivity contribution in [2.45, 2.75) is 0 Å². The zero-order chi connectivity index (χ0) is 4.57. The third kappa shape index (κ3) is 0.887. The summed E-state index contributed by atoms with van der Waals surface area (Å²) in [5.41, 5.74) is 0. The zero-order valence-electron chi connectivity index (χ0n) is 3.34. The molecule has 3 nitrogen and oxygen atoms in total. The van der Waals surface area contributed by atoms with Crippen molar-refractivity contribution in [2.75, 3.05) is 0 Å². The van der Waals surface area contributed by atoms with Crippen LogP contribution in [0.5, 0.6) is 0 Å². The molecule has 1 fully saturated rings. The third-order valence-electron chi connectivity index (χ3n) is 0.394. The van der Waals surface area contributed by atoms with Gasteiger partial charge in [-0.05, 0) is 6.58 Å². The Morgan fingerprint density at radius 2 is 1.86 bits per heavy atom. The van der Waals surface area contributed by atoms with E-state index in [1.807, 2.05) is 0 Å². The first kappa shape index (κ1) is 5.94. The Bertz CT molecular complexity index is 86.7. The highest BCUT2D eigenvalue weighted by Crippen LogP contribution is 2.09. The van der Waals surface area contributed by atoms with Gasteiger partial charge in [-0.3, -0.25) is 4.70 Å².